The van der Waals surface area contributed by atoms with Crippen LogP contribution < -0.4 is 0 Å². The van der Waals surface area contributed by atoms with Crippen LogP contribution >= 0.6 is 0 Å². The van der Waals surface area contributed by atoms with E-state index in [-0.39, 0.29) is 5.91 Å². The molecule has 0 N–H and O–H groups in total. The molecule has 0 spiro atoms. The van der Waals surface area contributed by atoms with Crippen LogP contribution in [0.4, 0.5) is 0 Å². The molecule has 7 nitrogen and oxygen atoms in total. The first kappa shape index (κ1) is 14.9. The summed E-state index contributed by atoms with van der Waals surface area (Å²) in [6.07, 6.45) is 3.73. The molecule has 1 amide bonds. The minimum absolute atomic E-state index is 0.0716. The molecule has 0 aliphatic carbocycles. The minimum Gasteiger partial charge on any atom is -0.436 e. The molecule has 3 aromatic heterocycles. The second-order valence-corrected chi connectivity index (χ2v) is 6.20. The fourth-order valence-electron chi connectivity index (χ4n) is 3.35. The molecule has 1 aliphatic heterocycles. The van der Waals surface area contributed by atoms with E-state index in [1.54, 1.807) is 13.8 Å². The van der Waals surface area contributed by atoms with Crippen molar-refractivity contribution in [2.24, 2.45) is 0 Å². The van der Waals surface area contributed by atoms with Crippen LogP contribution in [0, 0.1) is 13.8 Å². The van der Waals surface area contributed by atoms with E-state index < -0.39 is 0 Å². The highest BCUT2D eigenvalue weighted by molar-refractivity contribution is 5.92. The highest BCUT2D eigenvalue weighted by Crippen LogP contribution is 2.28. The Hall–Kier alpha value is -2.70. The van der Waals surface area contributed by atoms with Gasteiger partial charge in [0.05, 0.1) is 5.69 Å². The Bertz CT molecular complexity index is 889. The van der Waals surface area contributed by atoms with Crippen molar-refractivity contribution in [2.45, 2.75) is 32.6 Å². The lowest BCUT2D eigenvalue weighted by atomic mass is 9.95. The van der Waals surface area contributed by atoms with Gasteiger partial charge < -0.3 is 9.32 Å². The Balaban J connectivity index is 1.49. The van der Waals surface area contributed by atoms with Crippen molar-refractivity contribution in [3.63, 3.8) is 0 Å². The molecule has 0 saturated carbocycles. The van der Waals surface area contributed by atoms with Gasteiger partial charge in [-0.2, -0.15) is 0 Å². The van der Waals surface area contributed by atoms with Crippen LogP contribution in [0.25, 0.3) is 5.65 Å². The fourth-order valence-corrected chi connectivity index (χ4v) is 3.35. The van der Waals surface area contributed by atoms with Gasteiger partial charge in [0.2, 0.25) is 5.76 Å². The number of likely N-dealkylation sites (tertiary alicyclic amines) is 1. The Morgan fingerprint density at radius 3 is 2.71 bits per heavy atom. The molecule has 0 bridgehead atoms. The van der Waals surface area contributed by atoms with Crippen molar-refractivity contribution in [3.05, 3.63) is 47.6 Å². The van der Waals surface area contributed by atoms with Crippen LogP contribution in [0.2, 0.25) is 0 Å². The molecule has 0 atom stereocenters. The largest absolute Gasteiger partial charge is 0.436 e. The Labute approximate surface area is 139 Å². The Kier molecular flexibility index (Phi) is 3.55. The second-order valence-electron chi connectivity index (χ2n) is 6.20. The number of rotatable bonds is 2. The molecule has 1 fully saturated rings. The summed E-state index contributed by atoms with van der Waals surface area (Å²) in [6.45, 7) is 4.93. The van der Waals surface area contributed by atoms with E-state index in [2.05, 4.69) is 15.2 Å². The van der Waals surface area contributed by atoms with Crippen LogP contribution in [0.5, 0.6) is 0 Å². The number of oxazole rings is 1. The maximum atomic E-state index is 12.6. The zero-order valence-corrected chi connectivity index (χ0v) is 13.8. The highest BCUT2D eigenvalue weighted by atomic mass is 16.4. The van der Waals surface area contributed by atoms with Crippen molar-refractivity contribution >= 4 is 11.6 Å². The third-order valence-electron chi connectivity index (χ3n) is 4.59. The Morgan fingerprint density at radius 2 is 2.00 bits per heavy atom. The normalized spacial score (nSPS) is 16.0. The Morgan fingerprint density at radius 1 is 1.21 bits per heavy atom. The number of piperidine rings is 1. The quantitative estimate of drug-likeness (QED) is 0.723. The van der Waals surface area contributed by atoms with Gasteiger partial charge in [-0.15, -0.1) is 10.2 Å². The van der Waals surface area contributed by atoms with E-state index in [1.165, 1.54) is 0 Å². The molecule has 7 heteroatoms. The van der Waals surface area contributed by atoms with Crippen molar-refractivity contribution in [1.29, 1.82) is 0 Å². The van der Waals surface area contributed by atoms with Gasteiger partial charge in [0.1, 0.15) is 5.82 Å². The summed E-state index contributed by atoms with van der Waals surface area (Å²) < 4.78 is 7.49. The summed E-state index contributed by atoms with van der Waals surface area (Å²) in [5.74, 6) is 2.10. The molecular weight excluding hydrogens is 306 g/mol. The number of amides is 1. The third kappa shape index (κ3) is 2.46. The predicted molar refractivity (Wildman–Crippen MR) is 86.8 cm³/mol. The number of fused-ring (bicyclic) bond motifs is 1. The van der Waals surface area contributed by atoms with Gasteiger partial charge in [0.25, 0.3) is 5.91 Å². The van der Waals surface area contributed by atoms with Crippen molar-refractivity contribution < 1.29 is 9.21 Å². The lowest BCUT2D eigenvalue weighted by Gasteiger charge is -2.30. The summed E-state index contributed by atoms with van der Waals surface area (Å²) in [6, 6.07) is 5.88. The lowest BCUT2D eigenvalue weighted by molar-refractivity contribution is 0.0676. The van der Waals surface area contributed by atoms with Gasteiger partial charge in [-0.1, -0.05) is 6.07 Å². The van der Waals surface area contributed by atoms with Crippen molar-refractivity contribution in [2.75, 3.05) is 13.1 Å². The number of carbonyl (C=O) groups is 1. The lowest BCUT2D eigenvalue weighted by Crippen LogP contribution is -2.38. The summed E-state index contributed by atoms with van der Waals surface area (Å²) in [5, 5.41) is 8.56. The number of nitrogens with zero attached hydrogens (tertiary/aromatic N) is 5. The number of hydrogen-bond donors (Lipinski definition) is 0. The summed E-state index contributed by atoms with van der Waals surface area (Å²) in [5.41, 5.74) is 1.52. The average molecular weight is 325 g/mol. The monoisotopic (exact) mass is 325 g/mol. The van der Waals surface area contributed by atoms with Gasteiger partial charge in [0, 0.05) is 32.1 Å². The first-order valence-corrected chi connectivity index (χ1v) is 8.16. The molecule has 4 heterocycles. The maximum absolute atomic E-state index is 12.6. The standard InChI is InChI=1S/C17H19N5O2/c1-11-15(24-12(2)18-11)17(23)21-9-6-13(7-10-21)16-20-19-14-5-3-4-8-22(14)16/h3-5,8,13H,6-7,9-10H2,1-2H3. The van der Waals surface area contributed by atoms with Gasteiger partial charge in [-0.25, -0.2) is 4.98 Å². The van der Waals surface area contributed by atoms with Gasteiger partial charge in [-0.05, 0) is 31.9 Å². The van der Waals surface area contributed by atoms with E-state index in [1.807, 2.05) is 33.7 Å². The third-order valence-corrected chi connectivity index (χ3v) is 4.59. The number of carbonyl (C=O) groups excluding carboxylic acids is 1. The number of hydrogen-bond acceptors (Lipinski definition) is 5. The first-order valence-electron chi connectivity index (χ1n) is 8.16. The number of aromatic nitrogens is 4. The first-order chi connectivity index (χ1) is 11.6. The van der Waals surface area contributed by atoms with Crippen LogP contribution in [0.15, 0.2) is 28.8 Å². The topological polar surface area (TPSA) is 76.5 Å². The number of aryl methyl sites for hydroxylation is 2. The second kappa shape index (κ2) is 5.74. The molecule has 3 aromatic rings. The summed E-state index contributed by atoms with van der Waals surface area (Å²) >= 11 is 0. The smallest absolute Gasteiger partial charge is 0.291 e. The zero-order chi connectivity index (χ0) is 16.7. The van der Waals surface area contributed by atoms with Crippen LogP contribution in [-0.4, -0.2) is 43.5 Å². The molecule has 1 saturated heterocycles. The van der Waals surface area contributed by atoms with Crippen molar-refractivity contribution in [1.82, 2.24) is 24.5 Å². The average Bonchev–Trinajstić information content (AvgIpc) is 3.17. The van der Waals surface area contributed by atoms with Crippen LogP contribution in [0.3, 0.4) is 0 Å². The van der Waals surface area contributed by atoms with E-state index >= 15 is 0 Å². The molecule has 1 aliphatic rings. The predicted octanol–water partition coefficient (Wildman–Crippen LogP) is 2.35. The van der Waals surface area contributed by atoms with Gasteiger partial charge in [-0.3, -0.25) is 9.20 Å². The zero-order valence-electron chi connectivity index (χ0n) is 13.8. The van der Waals surface area contributed by atoms with E-state index in [4.69, 9.17) is 4.42 Å². The van der Waals surface area contributed by atoms with E-state index in [0.717, 1.165) is 24.3 Å². The summed E-state index contributed by atoms with van der Waals surface area (Å²) in [4.78, 5) is 18.6. The molecular formula is C17H19N5O2. The summed E-state index contributed by atoms with van der Waals surface area (Å²) in [7, 11) is 0. The molecule has 0 radical (unpaired) electrons. The van der Waals surface area contributed by atoms with Crippen LogP contribution in [0.1, 0.15) is 46.7 Å². The SMILES string of the molecule is Cc1nc(C)c(C(=O)N2CCC(c3nnc4ccccn34)CC2)o1. The molecule has 0 aromatic carbocycles. The molecule has 124 valence electrons. The molecule has 0 unspecified atom stereocenters. The fraction of sp³-hybridized carbons (Fsp3) is 0.412. The van der Waals surface area contributed by atoms with Crippen molar-refractivity contribution in [3.8, 4) is 0 Å². The van der Waals surface area contributed by atoms with Gasteiger partial charge >= 0.3 is 0 Å². The van der Waals surface area contributed by atoms with Gasteiger partial charge in [0.15, 0.2) is 11.5 Å². The number of pyridine rings is 1. The molecule has 24 heavy (non-hydrogen) atoms. The van der Waals surface area contributed by atoms with E-state index in [9.17, 15) is 4.79 Å². The highest BCUT2D eigenvalue weighted by Gasteiger charge is 2.29. The van der Waals surface area contributed by atoms with Crippen LogP contribution in [-0.2, 0) is 0 Å². The maximum Gasteiger partial charge on any atom is 0.291 e. The molecule has 4 rings (SSSR count). The minimum atomic E-state index is -0.0716. The van der Waals surface area contributed by atoms with E-state index in [0.29, 0.717) is 36.4 Å².